The highest BCUT2D eigenvalue weighted by atomic mass is 35.5. The van der Waals surface area contributed by atoms with Crippen molar-refractivity contribution in [3.05, 3.63) is 42.2 Å². The number of carbonyl (C=O) groups is 2. The molecule has 3 N–H and O–H groups in total. The van der Waals surface area contributed by atoms with E-state index in [4.69, 9.17) is 0 Å². The first-order valence-corrected chi connectivity index (χ1v) is 9.39. The predicted molar refractivity (Wildman–Crippen MR) is 109 cm³/mol. The van der Waals surface area contributed by atoms with Crippen LogP contribution in [0.3, 0.4) is 0 Å². The fraction of sp³-hybridized carbons (Fsp3) is 0.474. The van der Waals surface area contributed by atoms with Crippen LogP contribution in [0.2, 0.25) is 0 Å². The molecule has 2 amide bonds. The summed E-state index contributed by atoms with van der Waals surface area (Å²) in [5.41, 5.74) is 1.03. The SMILES string of the molecule is Cl.O=C(Cn1cnc(NC(=O)CCC2CCNCC2)n1)NCc1ccccc1. The van der Waals surface area contributed by atoms with E-state index >= 15 is 0 Å². The lowest BCUT2D eigenvalue weighted by Crippen LogP contribution is -2.28. The van der Waals surface area contributed by atoms with Gasteiger partial charge >= 0.3 is 0 Å². The molecule has 152 valence electrons. The summed E-state index contributed by atoms with van der Waals surface area (Å²) in [6.07, 6.45) is 5.05. The van der Waals surface area contributed by atoms with Crippen LogP contribution in [0, 0.1) is 5.92 Å². The number of anilines is 1. The third kappa shape index (κ3) is 7.28. The summed E-state index contributed by atoms with van der Waals surface area (Å²) in [5, 5.41) is 13.0. The fourth-order valence-corrected chi connectivity index (χ4v) is 3.12. The van der Waals surface area contributed by atoms with Crippen LogP contribution in [0.1, 0.15) is 31.2 Å². The molecule has 0 aliphatic carbocycles. The van der Waals surface area contributed by atoms with E-state index in [9.17, 15) is 9.59 Å². The highest BCUT2D eigenvalue weighted by Gasteiger charge is 2.15. The molecule has 0 saturated carbocycles. The van der Waals surface area contributed by atoms with Gasteiger partial charge in [0.2, 0.25) is 17.8 Å². The molecule has 9 heteroatoms. The Morgan fingerprint density at radius 2 is 1.89 bits per heavy atom. The number of piperidine rings is 1. The molecule has 1 aliphatic rings. The Bertz CT molecular complexity index is 746. The molecule has 2 heterocycles. The van der Waals surface area contributed by atoms with Gasteiger partial charge in [-0.2, -0.15) is 0 Å². The van der Waals surface area contributed by atoms with Crippen molar-refractivity contribution in [2.75, 3.05) is 18.4 Å². The molecule has 8 nitrogen and oxygen atoms in total. The Kier molecular flexibility index (Phi) is 8.90. The van der Waals surface area contributed by atoms with Crippen LogP contribution >= 0.6 is 12.4 Å². The summed E-state index contributed by atoms with van der Waals surface area (Å²) in [6.45, 7) is 2.59. The second kappa shape index (κ2) is 11.4. The first kappa shape index (κ1) is 21.8. The van der Waals surface area contributed by atoms with Gasteiger partial charge in [-0.1, -0.05) is 30.3 Å². The van der Waals surface area contributed by atoms with Gasteiger partial charge in [0.25, 0.3) is 0 Å². The Labute approximate surface area is 170 Å². The van der Waals surface area contributed by atoms with E-state index in [2.05, 4.69) is 26.0 Å². The molecule has 0 spiro atoms. The third-order valence-electron chi connectivity index (χ3n) is 4.66. The predicted octanol–water partition coefficient (Wildman–Crippen LogP) is 1.73. The summed E-state index contributed by atoms with van der Waals surface area (Å²) in [7, 11) is 0. The molecule has 0 bridgehead atoms. The Morgan fingerprint density at radius 1 is 1.14 bits per heavy atom. The lowest BCUT2D eigenvalue weighted by atomic mass is 9.93. The van der Waals surface area contributed by atoms with E-state index < -0.39 is 0 Å². The molecule has 3 rings (SSSR count). The second-order valence-electron chi connectivity index (χ2n) is 6.81. The van der Waals surface area contributed by atoms with Crippen LogP contribution < -0.4 is 16.0 Å². The van der Waals surface area contributed by atoms with E-state index in [0.717, 1.165) is 37.9 Å². The minimum Gasteiger partial charge on any atom is -0.350 e. The number of carbonyl (C=O) groups excluding carboxylic acids is 2. The molecule has 1 saturated heterocycles. The summed E-state index contributed by atoms with van der Waals surface area (Å²) in [5.74, 6) is 0.601. The molecule has 2 aromatic rings. The van der Waals surface area contributed by atoms with Gasteiger partial charge in [0.1, 0.15) is 12.9 Å². The Morgan fingerprint density at radius 3 is 2.64 bits per heavy atom. The van der Waals surface area contributed by atoms with Crippen LogP contribution in [-0.4, -0.2) is 39.7 Å². The topological polar surface area (TPSA) is 101 Å². The van der Waals surface area contributed by atoms with Crippen molar-refractivity contribution in [2.45, 2.75) is 38.8 Å². The third-order valence-corrected chi connectivity index (χ3v) is 4.66. The fourth-order valence-electron chi connectivity index (χ4n) is 3.12. The highest BCUT2D eigenvalue weighted by molar-refractivity contribution is 5.88. The zero-order valence-electron chi connectivity index (χ0n) is 15.8. The van der Waals surface area contributed by atoms with Gasteiger partial charge in [-0.05, 0) is 43.8 Å². The maximum atomic E-state index is 12.1. The van der Waals surface area contributed by atoms with E-state index in [0.29, 0.717) is 18.9 Å². The Balaban J connectivity index is 0.00000280. The Hall–Kier alpha value is -2.45. The van der Waals surface area contributed by atoms with Gasteiger partial charge in [-0.3, -0.25) is 14.9 Å². The molecule has 0 atom stereocenters. The summed E-state index contributed by atoms with van der Waals surface area (Å²) in [4.78, 5) is 28.1. The maximum Gasteiger partial charge on any atom is 0.248 e. The number of hydrogen-bond acceptors (Lipinski definition) is 5. The van der Waals surface area contributed by atoms with Crippen LogP contribution in [0.25, 0.3) is 0 Å². The van der Waals surface area contributed by atoms with Gasteiger partial charge < -0.3 is 10.6 Å². The van der Waals surface area contributed by atoms with Crippen LogP contribution in [-0.2, 0) is 22.7 Å². The van der Waals surface area contributed by atoms with E-state index in [-0.39, 0.29) is 36.7 Å². The molecule has 0 radical (unpaired) electrons. The normalized spacial score (nSPS) is 14.1. The average molecular weight is 407 g/mol. The molecule has 28 heavy (non-hydrogen) atoms. The number of aromatic nitrogens is 3. The monoisotopic (exact) mass is 406 g/mol. The van der Waals surface area contributed by atoms with Crippen LogP contribution in [0.4, 0.5) is 5.95 Å². The lowest BCUT2D eigenvalue weighted by Gasteiger charge is -2.21. The molecule has 1 aliphatic heterocycles. The zero-order chi connectivity index (χ0) is 18.9. The number of hydrogen-bond donors (Lipinski definition) is 3. The van der Waals surface area contributed by atoms with Gasteiger partial charge in [0, 0.05) is 13.0 Å². The van der Waals surface area contributed by atoms with Crippen molar-refractivity contribution in [3.8, 4) is 0 Å². The standard InChI is InChI=1S/C19H26N6O2.ClH/c26-17(7-6-15-8-10-20-11-9-15)23-19-22-14-25(24-19)13-18(27)21-12-16-4-2-1-3-5-16;/h1-5,14-15,20H,6-13H2,(H,21,27)(H,23,24,26);1H. The smallest absolute Gasteiger partial charge is 0.248 e. The van der Waals surface area contributed by atoms with E-state index in [1.54, 1.807) is 0 Å². The number of rotatable bonds is 8. The highest BCUT2D eigenvalue weighted by Crippen LogP contribution is 2.17. The first-order valence-electron chi connectivity index (χ1n) is 9.39. The van der Waals surface area contributed by atoms with Crippen LogP contribution in [0.15, 0.2) is 36.7 Å². The lowest BCUT2D eigenvalue weighted by molar-refractivity contribution is -0.122. The summed E-state index contributed by atoms with van der Waals surface area (Å²) >= 11 is 0. The number of benzene rings is 1. The molecule has 1 aromatic heterocycles. The first-order chi connectivity index (χ1) is 13.2. The van der Waals surface area contributed by atoms with Gasteiger partial charge in [0.05, 0.1) is 0 Å². The second-order valence-corrected chi connectivity index (χ2v) is 6.81. The maximum absolute atomic E-state index is 12.1. The average Bonchev–Trinajstić information content (AvgIpc) is 3.13. The van der Waals surface area contributed by atoms with Crippen molar-refractivity contribution < 1.29 is 9.59 Å². The van der Waals surface area contributed by atoms with Gasteiger partial charge in [-0.15, -0.1) is 17.5 Å². The van der Waals surface area contributed by atoms with Crippen molar-refractivity contribution in [3.63, 3.8) is 0 Å². The van der Waals surface area contributed by atoms with Crippen molar-refractivity contribution in [1.82, 2.24) is 25.4 Å². The van der Waals surface area contributed by atoms with Crippen molar-refractivity contribution in [1.29, 1.82) is 0 Å². The molecular weight excluding hydrogens is 380 g/mol. The molecular formula is C19H27ClN6O2. The van der Waals surface area contributed by atoms with Gasteiger partial charge in [0.15, 0.2) is 0 Å². The van der Waals surface area contributed by atoms with Crippen LogP contribution in [0.5, 0.6) is 0 Å². The van der Waals surface area contributed by atoms with Gasteiger partial charge in [-0.25, -0.2) is 9.67 Å². The molecule has 1 aromatic carbocycles. The number of halogens is 1. The largest absolute Gasteiger partial charge is 0.350 e. The van der Waals surface area contributed by atoms with Crippen molar-refractivity contribution in [2.24, 2.45) is 5.92 Å². The summed E-state index contributed by atoms with van der Waals surface area (Å²) in [6, 6.07) is 9.70. The van der Waals surface area contributed by atoms with E-state index in [1.807, 2.05) is 30.3 Å². The molecule has 0 unspecified atom stereocenters. The van der Waals surface area contributed by atoms with Crippen molar-refractivity contribution >= 4 is 30.2 Å². The quantitative estimate of drug-likeness (QED) is 0.619. The summed E-state index contributed by atoms with van der Waals surface area (Å²) < 4.78 is 1.42. The number of nitrogens with one attached hydrogen (secondary N) is 3. The van der Waals surface area contributed by atoms with E-state index in [1.165, 1.54) is 11.0 Å². The number of amides is 2. The zero-order valence-corrected chi connectivity index (χ0v) is 16.6. The molecule has 1 fully saturated rings. The minimum absolute atomic E-state index is 0. The minimum atomic E-state index is -0.160. The number of nitrogens with zero attached hydrogens (tertiary/aromatic N) is 3.